The molecule has 0 aromatic heterocycles. The average molecular weight is 417 g/mol. The van der Waals surface area contributed by atoms with Crippen LogP contribution in [0.3, 0.4) is 0 Å². The zero-order valence-corrected chi connectivity index (χ0v) is 15.9. The van der Waals surface area contributed by atoms with E-state index in [-0.39, 0.29) is 30.1 Å². The van der Waals surface area contributed by atoms with Gasteiger partial charge in [-0.15, -0.1) is 24.0 Å². The molecule has 22 heavy (non-hydrogen) atoms. The van der Waals surface area contributed by atoms with E-state index >= 15 is 0 Å². The molecule has 2 rings (SSSR count). The van der Waals surface area contributed by atoms with Crippen molar-refractivity contribution in [1.29, 1.82) is 0 Å². The molecule has 1 heterocycles. The summed E-state index contributed by atoms with van der Waals surface area (Å²) in [5, 5.41) is 6.64. The SMILES string of the molecule is CCCNC(=NCC1CCOC1c1ccccc1)NCC.I. The van der Waals surface area contributed by atoms with E-state index in [9.17, 15) is 0 Å². The first kappa shape index (κ1) is 19.2. The second-order valence-corrected chi connectivity index (χ2v) is 5.40. The Bertz CT molecular complexity index is 439. The van der Waals surface area contributed by atoms with Gasteiger partial charge in [0.05, 0.1) is 6.10 Å². The Morgan fingerprint density at radius 1 is 1.23 bits per heavy atom. The van der Waals surface area contributed by atoms with Gasteiger partial charge in [-0.2, -0.15) is 0 Å². The van der Waals surface area contributed by atoms with E-state index in [1.165, 1.54) is 5.56 Å². The lowest BCUT2D eigenvalue weighted by Gasteiger charge is -2.18. The summed E-state index contributed by atoms with van der Waals surface area (Å²) >= 11 is 0. The van der Waals surface area contributed by atoms with Crippen molar-refractivity contribution in [2.24, 2.45) is 10.9 Å². The number of nitrogens with zero attached hydrogens (tertiary/aromatic N) is 1. The van der Waals surface area contributed by atoms with Crippen LogP contribution in [0.5, 0.6) is 0 Å². The standard InChI is InChI=1S/C17H27N3O.HI/c1-3-11-19-17(18-4-2)20-13-15-10-12-21-16(15)14-8-6-5-7-9-14;/h5-9,15-16H,3-4,10-13H2,1-2H3,(H2,18,19,20);1H. The van der Waals surface area contributed by atoms with Crippen LogP contribution in [0.15, 0.2) is 35.3 Å². The fraction of sp³-hybridized carbons (Fsp3) is 0.588. The van der Waals surface area contributed by atoms with Crippen LogP contribution in [0.4, 0.5) is 0 Å². The molecule has 2 atom stereocenters. The molecule has 5 heteroatoms. The van der Waals surface area contributed by atoms with Gasteiger partial charge in [-0.05, 0) is 25.3 Å². The van der Waals surface area contributed by atoms with Gasteiger partial charge in [0.2, 0.25) is 0 Å². The van der Waals surface area contributed by atoms with Crippen molar-refractivity contribution in [2.75, 3.05) is 26.2 Å². The first-order valence-corrected chi connectivity index (χ1v) is 8.03. The molecule has 1 aliphatic heterocycles. The Kier molecular flexibility index (Phi) is 9.47. The first-order valence-electron chi connectivity index (χ1n) is 8.03. The van der Waals surface area contributed by atoms with Crippen molar-refractivity contribution in [2.45, 2.75) is 32.8 Å². The highest BCUT2D eigenvalue weighted by molar-refractivity contribution is 14.0. The Hall–Kier alpha value is -0.820. The molecule has 0 spiro atoms. The summed E-state index contributed by atoms with van der Waals surface area (Å²) in [4.78, 5) is 4.72. The summed E-state index contributed by atoms with van der Waals surface area (Å²) in [6, 6.07) is 10.5. The minimum Gasteiger partial charge on any atom is -0.373 e. The van der Waals surface area contributed by atoms with Crippen LogP contribution >= 0.6 is 24.0 Å². The zero-order chi connectivity index (χ0) is 14.9. The highest BCUT2D eigenvalue weighted by atomic mass is 127. The molecule has 1 aromatic carbocycles. The number of rotatable bonds is 6. The molecule has 2 N–H and O–H groups in total. The molecule has 4 nitrogen and oxygen atoms in total. The van der Waals surface area contributed by atoms with Crippen LogP contribution in [-0.4, -0.2) is 32.2 Å². The summed E-state index contributed by atoms with van der Waals surface area (Å²) in [6.45, 7) is 7.73. The summed E-state index contributed by atoms with van der Waals surface area (Å²) in [6.07, 6.45) is 2.36. The maximum atomic E-state index is 5.91. The van der Waals surface area contributed by atoms with Gasteiger partial charge in [0, 0.05) is 32.2 Å². The number of guanidine groups is 1. The number of benzene rings is 1. The lowest BCUT2D eigenvalue weighted by molar-refractivity contribution is 0.0925. The molecule has 0 aliphatic carbocycles. The smallest absolute Gasteiger partial charge is 0.191 e. The molecule has 0 radical (unpaired) electrons. The van der Waals surface area contributed by atoms with E-state index in [4.69, 9.17) is 9.73 Å². The van der Waals surface area contributed by atoms with Gasteiger partial charge in [-0.3, -0.25) is 4.99 Å². The topological polar surface area (TPSA) is 45.7 Å². The number of nitrogens with one attached hydrogen (secondary N) is 2. The first-order chi connectivity index (χ1) is 10.3. The summed E-state index contributed by atoms with van der Waals surface area (Å²) < 4.78 is 5.91. The molecule has 1 aliphatic rings. The van der Waals surface area contributed by atoms with Crippen molar-refractivity contribution < 1.29 is 4.74 Å². The molecule has 1 aromatic rings. The van der Waals surface area contributed by atoms with Gasteiger partial charge in [-0.1, -0.05) is 37.3 Å². The van der Waals surface area contributed by atoms with Crippen LogP contribution in [-0.2, 0) is 4.74 Å². The zero-order valence-electron chi connectivity index (χ0n) is 13.5. The molecular weight excluding hydrogens is 389 g/mol. The molecule has 1 fully saturated rings. The number of ether oxygens (including phenoxy) is 1. The second-order valence-electron chi connectivity index (χ2n) is 5.40. The van der Waals surface area contributed by atoms with Crippen molar-refractivity contribution in [3.8, 4) is 0 Å². The van der Waals surface area contributed by atoms with E-state index < -0.39 is 0 Å². The molecule has 1 saturated heterocycles. The van der Waals surface area contributed by atoms with Crippen LogP contribution < -0.4 is 10.6 Å². The van der Waals surface area contributed by atoms with Crippen LogP contribution in [0, 0.1) is 5.92 Å². The van der Waals surface area contributed by atoms with Gasteiger partial charge in [0.15, 0.2) is 5.96 Å². The molecule has 0 bridgehead atoms. The van der Waals surface area contributed by atoms with Gasteiger partial charge in [0.25, 0.3) is 0 Å². The fourth-order valence-corrected chi connectivity index (χ4v) is 2.63. The lowest BCUT2D eigenvalue weighted by Crippen LogP contribution is -2.38. The third kappa shape index (κ3) is 5.76. The van der Waals surface area contributed by atoms with Crippen LogP contribution in [0.25, 0.3) is 0 Å². The summed E-state index contributed by atoms with van der Waals surface area (Å²) in [5.41, 5.74) is 1.27. The average Bonchev–Trinajstić information content (AvgIpc) is 2.99. The highest BCUT2D eigenvalue weighted by Gasteiger charge is 2.29. The van der Waals surface area contributed by atoms with Crippen LogP contribution in [0.1, 0.15) is 38.4 Å². The van der Waals surface area contributed by atoms with Gasteiger partial charge in [-0.25, -0.2) is 0 Å². The van der Waals surface area contributed by atoms with Gasteiger partial charge in [0.1, 0.15) is 0 Å². The number of hydrogen-bond acceptors (Lipinski definition) is 2. The maximum Gasteiger partial charge on any atom is 0.191 e. The van der Waals surface area contributed by atoms with E-state index in [1.807, 2.05) is 6.07 Å². The largest absolute Gasteiger partial charge is 0.373 e. The van der Waals surface area contributed by atoms with Gasteiger partial charge >= 0.3 is 0 Å². The Balaban J connectivity index is 0.00000242. The molecule has 2 unspecified atom stereocenters. The predicted molar refractivity (Wildman–Crippen MR) is 103 cm³/mol. The molecule has 0 saturated carbocycles. The summed E-state index contributed by atoms with van der Waals surface area (Å²) in [7, 11) is 0. The van der Waals surface area contributed by atoms with Crippen molar-refractivity contribution in [3.05, 3.63) is 35.9 Å². The predicted octanol–water partition coefficient (Wildman–Crippen LogP) is 3.35. The quantitative estimate of drug-likeness (QED) is 0.424. The molecule has 124 valence electrons. The Morgan fingerprint density at radius 2 is 2.00 bits per heavy atom. The normalized spacial score (nSPS) is 21.3. The minimum atomic E-state index is 0. The van der Waals surface area contributed by atoms with E-state index in [1.54, 1.807) is 0 Å². The number of hydrogen-bond donors (Lipinski definition) is 2. The number of aliphatic imine (C=N–C) groups is 1. The van der Waals surface area contributed by atoms with Crippen molar-refractivity contribution in [1.82, 2.24) is 10.6 Å². The fourth-order valence-electron chi connectivity index (χ4n) is 2.63. The van der Waals surface area contributed by atoms with E-state index in [2.05, 4.69) is 48.7 Å². The highest BCUT2D eigenvalue weighted by Crippen LogP contribution is 2.34. The van der Waals surface area contributed by atoms with Crippen LogP contribution in [0.2, 0.25) is 0 Å². The minimum absolute atomic E-state index is 0. The molecule has 0 amide bonds. The summed E-state index contributed by atoms with van der Waals surface area (Å²) in [5.74, 6) is 1.38. The molecular formula is C17H28IN3O. The second kappa shape index (κ2) is 10.8. The Labute approximate surface area is 151 Å². The maximum absolute atomic E-state index is 5.91. The van der Waals surface area contributed by atoms with Crippen molar-refractivity contribution >= 4 is 29.9 Å². The van der Waals surface area contributed by atoms with Crippen molar-refractivity contribution in [3.63, 3.8) is 0 Å². The Morgan fingerprint density at radius 3 is 2.68 bits per heavy atom. The third-order valence-electron chi connectivity index (χ3n) is 3.71. The lowest BCUT2D eigenvalue weighted by atomic mass is 9.95. The van der Waals surface area contributed by atoms with E-state index in [0.29, 0.717) is 5.92 Å². The number of halogens is 1. The monoisotopic (exact) mass is 417 g/mol. The third-order valence-corrected chi connectivity index (χ3v) is 3.71. The van der Waals surface area contributed by atoms with E-state index in [0.717, 1.165) is 45.0 Å². The van der Waals surface area contributed by atoms with Gasteiger partial charge < -0.3 is 15.4 Å².